The normalized spacial score (nSPS) is 15.4. The molecule has 0 saturated heterocycles. The van der Waals surface area contributed by atoms with Crippen LogP contribution in [0.15, 0.2) is 24.4 Å². The van der Waals surface area contributed by atoms with Gasteiger partial charge in [-0.1, -0.05) is 36.7 Å². The third kappa shape index (κ3) is 3.26. The van der Waals surface area contributed by atoms with Gasteiger partial charge in [0.05, 0.1) is 17.6 Å². The van der Waals surface area contributed by atoms with Crippen LogP contribution in [0.2, 0.25) is 0 Å². The molecule has 3 aromatic rings. The second kappa shape index (κ2) is 7.32. The third-order valence-electron chi connectivity index (χ3n) is 5.01. The van der Waals surface area contributed by atoms with E-state index in [-0.39, 0.29) is 24.9 Å². The number of fused-ring (bicyclic) bond motifs is 3. The van der Waals surface area contributed by atoms with Crippen LogP contribution >= 0.6 is 23.7 Å². The van der Waals surface area contributed by atoms with Gasteiger partial charge >= 0.3 is 0 Å². The van der Waals surface area contributed by atoms with Crippen molar-refractivity contribution in [3.63, 3.8) is 0 Å². The first-order valence-corrected chi connectivity index (χ1v) is 9.27. The Bertz CT molecular complexity index is 898. The molecule has 25 heavy (non-hydrogen) atoms. The number of halogens is 1. The van der Waals surface area contributed by atoms with Crippen molar-refractivity contribution in [2.24, 2.45) is 0 Å². The number of carbonyl (C=O) groups is 1. The molecule has 1 amide bonds. The second-order valence-corrected chi connectivity index (χ2v) is 7.56. The van der Waals surface area contributed by atoms with Crippen LogP contribution in [0.4, 0.5) is 0 Å². The number of carbonyl (C=O) groups excluding carboxylic acids is 1. The van der Waals surface area contributed by atoms with Crippen LogP contribution in [-0.2, 0) is 6.61 Å². The molecule has 2 heterocycles. The van der Waals surface area contributed by atoms with Gasteiger partial charge < -0.3 is 10.0 Å². The fraction of sp³-hybridized carbons (Fsp3) is 0.444. The molecule has 0 spiro atoms. The monoisotopic (exact) mass is 379 g/mol. The molecule has 0 radical (unpaired) electrons. The highest BCUT2D eigenvalue weighted by molar-refractivity contribution is 7.18. The van der Waals surface area contributed by atoms with E-state index < -0.39 is 0 Å². The molecule has 4 rings (SSSR count). The fourth-order valence-corrected chi connectivity index (χ4v) is 4.54. The minimum atomic E-state index is 0. The number of imidazole rings is 1. The maximum Gasteiger partial charge on any atom is 0.265 e. The molecule has 1 aromatic carbocycles. The first-order chi connectivity index (χ1) is 11.7. The molecule has 2 aromatic heterocycles. The number of benzene rings is 1. The van der Waals surface area contributed by atoms with E-state index in [2.05, 4.69) is 4.98 Å². The summed E-state index contributed by atoms with van der Waals surface area (Å²) in [7, 11) is 1.92. The van der Waals surface area contributed by atoms with E-state index in [0.717, 1.165) is 39.3 Å². The summed E-state index contributed by atoms with van der Waals surface area (Å²) in [6.45, 7) is 0.00349. The summed E-state index contributed by atoms with van der Waals surface area (Å²) in [5.74, 6) is 0.0869. The Morgan fingerprint density at radius 2 is 2.12 bits per heavy atom. The molecule has 134 valence electrons. The Balaban J connectivity index is 0.00000182. The van der Waals surface area contributed by atoms with Gasteiger partial charge in [0.15, 0.2) is 4.96 Å². The number of hydrogen-bond donors (Lipinski definition) is 1. The Morgan fingerprint density at radius 1 is 1.36 bits per heavy atom. The van der Waals surface area contributed by atoms with Crippen LogP contribution in [-0.4, -0.2) is 38.4 Å². The van der Waals surface area contributed by atoms with Gasteiger partial charge in [0, 0.05) is 19.3 Å². The molecular weight excluding hydrogens is 358 g/mol. The molecule has 1 fully saturated rings. The van der Waals surface area contributed by atoms with E-state index in [0.29, 0.717) is 6.04 Å². The lowest BCUT2D eigenvalue weighted by molar-refractivity contribution is 0.0701. The number of amides is 1. The molecular formula is C18H22ClN3O2S. The van der Waals surface area contributed by atoms with Crippen molar-refractivity contribution in [3.8, 4) is 0 Å². The van der Waals surface area contributed by atoms with Gasteiger partial charge in [-0.15, -0.1) is 12.4 Å². The van der Waals surface area contributed by atoms with Gasteiger partial charge in [0.25, 0.3) is 5.91 Å². The number of aliphatic hydroxyl groups is 1. The Labute approximate surface area is 156 Å². The number of aliphatic hydroxyl groups excluding tert-OH is 1. The van der Waals surface area contributed by atoms with Crippen molar-refractivity contribution >= 4 is 45.6 Å². The van der Waals surface area contributed by atoms with Gasteiger partial charge in [-0.05, 0) is 30.5 Å². The minimum absolute atomic E-state index is 0. The SMILES string of the molecule is CN(C(=O)c1cn2c(nc3ccc(CO)cc32)s1)C1CCCCC1.Cl. The molecule has 5 nitrogen and oxygen atoms in total. The Kier molecular flexibility index (Phi) is 5.32. The largest absolute Gasteiger partial charge is 0.392 e. The molecule has 1 N–H and O–H groups in total. The van der Waals surface area contributed by atoms with Gasteiger partial charge in [-0.3, -0.25) is 9.20 Å². The minimum Gasteiger partial charge on any atom is -0.392 e. The first kappa shape index (κ1) is 18.2. The van der Waals surface area contributed by atoms with Gasteiger partial charge in [0.2, 0.25) is 0 Å². The summed E-state index contributed by atoms with van der Waals surface area (Å²) in [6.07, 6.45) is 7.80. The number of rotatable bonds is 3. The maximum atomic E-state index is 12.8. The summed E-state index contributed by atoms with van der Waals surface area (Å²) >= 11 is 1.44. The van der Waals surface area contributed by atoms with Crippen LogP contribution in [0, 0.1) is 0 Å². The van der Waals surface area contributed by atoms with Crippen LogP contribution < -0.4 is 0 Å². The lowest BCUT2D eigenvalue weighted by Gasteiger charge is -2.30. The van der Waals surface area contributed by atoms with E-state index in [9.17, 15) is 9.90 Å². The topological polar surface area (TPSA) is 57.8 Å². The first-order valence-electron chi connectivity index (χ1n) is 8.46. The van der Waals surface area contributed by atoms with Gasteiger partial charge in [-0.2, -0.15) is 0 Å². The molecule has 0 aliphatic heterocycles. The summed E-state index contributed by atoms with van der Waals surface area (Å²) < 4.78 is 1.96. The van der Waals surface area contributed by atoms with Crippen molar-refractivity contribution in [2.45, 2.75) is 44.8 Å². The molecule has 0 bridgehead atoms. The summed E-state index contributed by atoms with van der Waals surface area (Å²) in [6, 6.07) is 6.08. The molecule has 7 heteroatoms. The van der Waals surface area contributed by atoms with Gasteiger partial charge in [0.1, 0.15) is 4.88 Å². The predicted octanol–water partition coefficient (Wildman–Crippen LogP) is 3.87. The molecule has 1 aliphatic carbocycles. The zero-order valence-corrected chi connectivity index (χ0v) is 15.8. The molecule has 1 saturated carbocycles. The third-order valence-corrected chi connectivity index (χ3v) is 5.98. The molecule has 0 unspecified atom stereocenters. The number of aromatic nitrogens is 2. The predicted molar refractivity (Wildman–Crippen MR) is 103 cm³/mol. The number of nitrogens with zero attached hydrogens (tertiary/aromatic N) is 3. The second-order valence-electron chi connectivity index (χ2n) is 6.55. The van der Waals surface area contributed by atoms with Crippen molar-refractivity contribution in [3.05, 3.63) is 34.8 Å². The molecule has 0 atom stereocenters. The maximum absolute atomic E-state index is 12.8. The lowest BCUT2D eigenvalue weighted by atomic mass is 9.94. The van der Waals surface area contributed by atoms with E-state index in [1.54, 1.807) is 0 Å². The lowest BCUT2D eigenvalue weighted by Crippen LogP contribution is -2.37. The van der Waals surface area contributed by atoms with Crippen LogP contribution in [0.3, 0.4) is 0 Å². The highest BCUT2D eigenvalue weighted by atomic mass is 35.5. The average Bonchev–Trinajstić information content (AvgIpc) is 3.18. The van der Waals surface area contributed by atoms with Crippen molar-refractivity contribution < 1.29 is 9.90 Å². The zero-order chi connectivity index (χ0) is 16.7. The standard InChI is InChI=1S/C18H21N3O2S.ClH/c1-20(13-5-3-2-4-6-13)17(23)16-10-21-15-9-12(11-22)7-8-14(15)19-18(21)24-16;/h7-10,13,22H,2-6,11H2,1H3;1H. The van der Waals surface area contributed by atoms with Crippen molar-refractivity contribution in [1.82, 2.24) is 14.3 Å². The fourth-order valence-electron chi connectivity index (χ4n) is 3.56. The summed E-state index contributed by atoms with van der Waals surface area (Å²) in [4.78, 5) is 20.9. The number of thiazole rings is 1. The highest BCUT2D eigenvalue weighted by Gasteiger charge is 2.25. The summed E-state index contributed by atoms with van der Waals surface area (Å²) in [5, 5.41) is 9.33. The quantitative estimate of drug-likeness (QED) is 0.751. The van der Waals surface area contributed by atoms with E-state index >= 15 is 0 Å². The summed E-state index contributed by atoms with van der Waals surface area (Å²) in [5.41, 5.74) is 2.67. The van der Waals surface area contributed by atoms with Crippen molar-refractivity contribution in [2.75, 3.05) is 7.05 Å². The van der Waals surface area contributed by atoms with Crippen LogP contribution in [0.1, 0.15) is 47.3 Å². The molecule has 1 aliphatic rings. The van der Waals surface area contributed by atoms with Crippen molar-refractivity contribution in [1.29, 1.82) is 0 Å². The van der Waals surface area contributed by atoms with E-state index in [1.807, 2.05) is 40.7 Å². The smallest absolute Gasteiger partial charge is 0.265 e. The van der Waals surface area contributed by atoms with E-state index in [4.69, 9.17) is 0 Å². The average molecular weight is 380 g/mol. The Hall–Kier alpha value is -1.63. The Morgan fingerprint density at radius 3 is 2.84 bits per heavy atom. The number of hydrogen-bond acceptors (Lipinski definition) is 4. The van der Waals surface area contributed by atoms with Crippen LogP contribution in [0.25, 0.3) is 16.0 Å². The zero-order valence-electron chi connectivity index (χ0n) is 14.1. The highest BCUT2D eigenvalue weighted by Crippen LogP contribution is 2.28. The van der Waals surface area contributed by atoms with E-state index in [1.165, 1.54) is 30.6 Å². The van der Waals surface area contributed by atoms with Crippen LogP contribution in [0.5, 0.6) is 0 Å². The van der Waals surface area contributed by atoms with Gasteiger partial charge in [-0.25, -0.2) is 4.98 Å².